The zero-order chi connectivity index (χ0) is 20.8. The maximum absolute atomic E-state index is 6.88. The van der Waals surface area contributed by atoms with Gasteiger partial charge in [0.15, 0.2) is 5.79 Å². The lowest BCUT2D eigenvalue weighted by molar-refractivity contribution is -0.235. The molecule has 0 radical (unpaired) electrons. The molecule has 0 saturated carbocycles. The Labute approximate surface area is 172 Å². The normalized spacial score (nSPS) is 23.2. The van der Waals surface area contributed by atoms with Crippen molar-refractivity contribution in [3.8, 4) is 5.75 Å². The molecule has 0 spiro atoms. The van der Waals surface area contributed by atoms with E-state index in [4.69, 9.17) is 19.9 Å². The maximum Gasteiger partial charge on any atom is 0.174 e. The van der Waals surface area contributed by atoms with Gasteiger partial charge in [-0.25, -0.2) is 0 Å². The van der Waals surface area contributed by atoms with Crippen LogP contribution in [0.3, 0.4) is 0 Å². The third-order valence-corrected chi connectivity index (χ3v) is 6.36. The van der Waals surface area contributed by atoms with Crippen LogP contribution in [0.15, 0.2) is 24.3 Å². The van der Waals surface area contributed by atoms with E-state index in [2.05, 4.69) is 46.8 Å². The summed E-state index contributed by atoms with van der Waals surface area (Å²) in [4.78, 5) is 0. The quantitative estimate of drug-likeness (QED) is 0.533. The Hall–Kier alpha value is -1.10. The Bertz CT molecular complexity index is 590. The second kappa shape index (κ2) is 9.60. The first kappa shape index (κ1) is 23.2. The van der Waals surface area contributed by atoms with Gasteiger partial charge in [-0.1, -0.05) is 71.1 Å². The van der Waals surface area contributed by atoms with E-state index in [0.29, 0.717) is 13.2 Å². The predicted molar refractivity (Wildman–Crippen MR) is 116 cm³/mol. The molecule has 1 aromatic rings. The molecule has 160 valence electrons. The molecule has 0 bridgehead atoms. The number of rotatable bonds is 11. The Morgan fingerprint density at radius 1 is 1.11 bits per heavy atom. The van der Waals surface area contributed by atoms with Gasteiger partial charge in [-0.2, -0.15) is 0 Å². The van der Waals surface area contributed by atoms with Crippen molar-refractivity contribution in [2.45, 2.75) is 97.5 Å². The minimum Gasteiger partial charge on any atom is -0.493 e. The Kier molecular flexibility index (Phi) is 7.95. The summed E-state index contributed by atoms with van der Waals surface area (Å²) in [6, 6.07) is 8.14. The second-order valence-corrected chi connectivity index (χ2v) is 9.29. The zero-order valence-corrected chi connectivity index (χ0v) is 18.8. The molecule has 2 atom stereocenters. The minimum absolute atomic E-state index is 0.0748. The van der Waals surface area contributed by atoms with Crippen LogP contribution in [0.25, 0.3) is 0 Å². The van der Waals surface area contributed by atoms with Crippen molar-refractivity contribution in [3.05, 3.63) is 29.8 Å². The lowest BCUT2D eigenvalue weighted by Gasteiger charge is -2.41. The molecule has 0 aliphatic carbocycles. The molecule has 1 aliphatic heterocycles. The molecule has 1 saturated heterocycles. The highest BCUT2D eigenvalue weighted by molar-refractivity contribution is 5.26. The van der Waals surface area contributed by atoms with Gasteiger partial charge in [-0.05, 0) is 38.8 Å². The van der Waals surface area contributed by atoms with E-state index in [0.717, 1.165) is 44.3 Å². The molecule has 28 heavy (non-hydrogen) atoms. The Morgan fingerprint density at radius 2 is 1.68 bits per heavy atom. The Balaban J connectivity index is 2.04. The zero-order valence-electron chi connectivity index (χ0n) is 18.8. The predicted octanol–water partition coefficient (Wildman–Crippen LogP) is 5.61. The molecule has 1 heterocycles. The molecule has 4 nitrogen and oxygen atoms in total. The van der Waals surface area contributed by atoms with Crippen molar-refractivity contribution in [1.29, 1.82) is 0 Å². The van der Waals surface area contributed by atoms with E-state index in [1.807, 2.05) is 19.1 Å². The second-order valence-electron chi connectivity index (χ2n) is 9.29. The molecule has 2 unspecified atom stereocenters. The lowest BCUT2D eigenvalue weighted by Crippen LogP contribution is -2.54. The molecule has 1 aliphatic rings. The highest BCUT2D eigenvalue weighted by Gasteiger charge is 2.53. The van der Waals surface area contributed by atoms with Gasteiger partial charge in [0.05, 0.1) is 18.6 Å². The highest BCUT2D eigenvalue weighted by atomic mass is 16.7. The van der Waals surface area contributed by atoms with E-state index >= 15 is 0 Å². The van der Waals surface area contributed by atoms with Crippen LogP contribution in [0.2, 0.25) is 0 Å². The summed E-state index contributed by atoms with van der Waals surface area (Å²) in [6.45, 7) is 13.9. The van der Waals surface area contributed by atoms with Gasteiger partial charge in [0, 0.05) is 5.54 Å². The third kappa shape index (κ3) is 5.49. The number of hydrogen-bond donors (Lipinski definition) is 1. The van der Waals surface area contributed by atoms with E-state index in [-0.39, 0.29) is 17.1 Å². The highest BCUT2D eigenvalue weighted by Crippen LogP contribution is 2.43. The van der Waals surface area contributed by atoms with Gasteiger partial charge >= 0.3 is 0 Å². The molecular formula is C24H41NO3. The average molecular weight is 392 g/mol. The molecule has 0 amide bonds. The number of nitrogens with two attached hydrogens (primary N) is 1. The summed E-state index contributed by atoms with van der Waals surface area (Å²) >= 11 is 0. The minimum atomic E-state index is -0.717. The first-order valence-electron chi connectivity index (χ1n) is 11.0. The molecule has 1 aromatic carbocycles. The van der Waals surface area contributed by atoms with Crippen LogP contribution in [0.5, 0.6) is 5.75 Å². The van der Waals surface area contributed by atoms with Crippen molar-refractivity contribution in [1.82, 2.24) is 0 Å². The molecule has 0 aromatic heterocycles. The van der Waals surface area contributed by atoms with Crippen molar-refractivity contribution < 1.29 is 14.2 Å². The third-order valence-electron chi connectivity index (χ3n) is 6.36. The van der Waals surface area contributed by atoms with Crippen molar-refractivity contribution >= 4 is 0 Å². The first-order valence-corrected chi connectivity index (χ1v) is 11.0. The number of aryl methyl sites for hydroxylation is 1. The first-order chi connectivity index (χ1) is 13.2. The molecule has 1 fully saturated rings. The van der Waals surface area contributed by atoms with Gasteiger partial charge in [-0.15, -0.1) is 0 Å². The number of hydrogen-bond acceptors (Lipinski definition) is 4. The summed E-state index contributed by atoms with van der Waals surface area (Å²) in [7, 11) is 0. The van der Waals surface area contributed by atoms with E-state index < -0.39 is 5.79 Å². The topological polar surface area (TPSA) is 53.7 Å². The van der Waals surface area contributed by atoms with Crippen molar-refractivity contribution in [3.63, 3.8) is 0 Å². The molecular weight excluding hydrogens is 350 g/mol. The molecule has 4 heteroatoms. The summed E-state index contributed by atoms with van der Waals surface area (Å²) in [5.74, 6) is 0.154. The lowest BCUT2D eigenvalue weighted by atomic mass is 9.82. The standard InChI is InChI=1S/C24H41NO3/c1-7-9-15-24(25,16-10-8-2)21-17-27-23(6,28-21)22(4,5)18-26-20-13-11-19(3)12-14-20/h11-14,21H,7-10,15-18,25H2,1-6H3. The molecule has 2 rings (SSSR count). The van der Waals surface area contributed by atoms with Gasteiger partial charge in [0.2, 0.25) is 0 Å². The maximum atomic E-state index is 6.88. The van der Waals surface area contributed by atoms with Gasteiger partial charge in [0.25, 0.3) is 0 Å². The number of benzene rings is 1. The van der Waals surface area contributed by atoms with Crippen LogP contribution in [-0.4, -0.2) is 30.6 Å². The summed E-state index contributed by atoms with van der Waals surface area (Å²) in [5, 5.41) is 0. The van der Waals surface area contributed by atoms with Gasteiger partial charge in [-0.3, -0.25) is 0 Å². The van der Waals surface area contributed by atoms with Crippen molar-refractivity contribution in [2.24, 2.45) is 11.1 Å². The summed E-state index contributed by atoms with van der Waals surface area (Å²) in [6.07, 6.45) is 6.42. The van der Waals surface area contributed by atoms with E-state index in [1.165, 1.54) is 5.56 Å². The van der Waals surface area contributed by atoms with Crippen molar-refractivity contribution in [2.75, 3.05) is 13.2 Å². The smallest absolute Gasteiger partial charge is 0.174 e. The van der Waals surface area contributed by atoms with Gasteiger partial charge in [0.1, 0.15) is 11.9 Å². The summed E-state index contributed by atoms with van der Waals surface area (Å²) < 4.78 is 18.9. The van der Waals surface area contributed by atoms with Crippen LogP contribution < -0.4 is 10.5 Å². The van der Waals surface area contributed by atoms with E-state index in [1.54, 1.807) is 0 Å². The monoisotopic (exact) mass is 391 g/mol. The largest absolute Gasteiger partial charge is 0.493 e. The van der Waals surface area contributed by atoms with Crippen LogP contribution in [0.4, 0.5) is 0 Å². The van der Waals surface area contributed by atoms with Gasteiger partial charge < -0.3 is 19.9 Å². The number of ether oxygens (including phenoxy) is 3. The van der Waals surface area contributed by atoms with Crippen LogP contribution in [-0.2, 0) is 9.47 Å². The SMILES string of the molecule is CCCCC(N)(CCCC)C1COC(C)(C(C)(C)COc2ccc(C)cc2)O1. The fourth-order valence-corrected chi connectivity index (χ4v) is 3.70. The van der Waals surface area contributed by atoms with Crippen LogP contribution in [0.1, 0.15) is 78.7 Å². The van der Waals surface area contributed by atoms with Crippen LogP contribution >= 0.6 is 0 Å². The fourth-order valence-electron chi connectivity index (χ4n) is 3.70. The van der Waals surface area contributed by atoms with Crippen LogP contribution in [0, 0.1) is 12.3 Å². The Morgan fingerprint density at radius 3 is 2.21 bits per heavy atom. The fraction of sp³-hybridized carbons (Fsp3) is 0.750. The van der Waals surface area contributed by atoms with E-state index in [9.17, 15) is 0 Å². The number of unbranched alkanes of at least 4 members (excludes halogenated alkanes) is 2. The average Bonchev–Trinajstić information content (AvgIpc) is 3.09. The molecule has 2 N–H and O–H groups in total. The summed E-state index contributed by atoms with van der Waals surface area (Å²) in [5.41, 5.74) is 7.47.